The molecular formula is C18H19N3O4S2. The highest BCUT2D eigenvalue weighted by Gasteiger charge is 2.35. The molecule has 1 fully saturated rings. The van der Waals surface area contributed by atoms with E-state index in [2.05, 4.69) is 15.0 Å². The van der Waals surface area contributed by atoms with Crippen LogP contribution >= 0.6 is 23.1 Å². The van der Waals surface area contributed by atoms with Crippen molar-refractivity contribution in [2.75, 3.05) is 30.1 Å². The Morgan fingerprint density at radius 1 is 1.41 bits per heavy atom. The SMILES string of the molecule is COC(=O)c1nc(NC(=O)[C@@H]2CC(=O)N(c3cccc(SC)c3)C2)sc1C. The van der Waals surface area contributed by atoms with Crippen molar-refractivity contribution < 1.29 is 19.1 Å². The third-order valence-electron chi connectivity index (χ3n) is 4.27. The maximum atomic E-state index is 12.6. The second-order valence-corrected chi connectivity index (χ2v) is 8.09. The Morgan fingerprint density at radius 3 is 2.89 bits per heavy atom. The van der Waals surface area contributed by atoms with Gasteiger partial charge >= 0.3 is 5.97 Å². The summed E-state index contributed by atoms with van der Waals surface area (Å²) in [7, 11) is 1.28. The average Bonchev–Trinajstić information content (AvgIpc) is 3.23. The quantitative estimate of drug-likeness (QED) is 0.608. The van der Waals surface area contributed by atoms with E-state index in [1.165, 1.54) is 18.4 Å². The average molecular weight is 406 g/mol. The largest absolute Gasteiger partial charge is 0.464 e. The Balaban J connectivity index is 1.70. The van der Waals surface area contributed by atoms with Crippen LogP contribution in [0.4, 0.5) is 10.8 Å². The lowest BCUT2D eigenvalue weighted by Crippen LogP contribution is -2.28. The van der Waals surface area contributed by atoms with Gasteiger partial charge in [0.1, 0.15) is 0 Å². The van der Waals surface area contributed by atoms with Crippen LogP contribution in [0.1, 0.15) is 21.8 Å². The van der Waals surface area contributed by atoms with Crippen molar-refractivity contribution in [3.63, 3.8) is 0 Å². The van der Waals surface area contributed by atoms with E-state index in [4.69, 9.17) is 0 Å². The Labute approximate surface area is 165 Å². The summed E-state index contributed by atoms with van der Waals surface area (Å²) in [5.41, 5.74) is 0.982. The van der Waals surface area contributed by atoms with Crippen molar-refractivity contribution >= 4 is 51.7 Å². The number of rotatable bonds is 5. The predicted octanol–water partition coefficient (Wildman–Crippen LogP) is 2.95. The molecule has 0 spiro atoms. The summed E-state index contributed by atoms with van der Waals surface area (Å²) < 4.78 is 4.67. The van der Waals surface area contributed by atoms with Crippen molar-refractivity contribution in [1.29, 1.82) is 0 Å². The predicted molar refractivity (Wildman–Crippen MR) is 106 cm³/mol. The van der Waals surface area contributed by atoms with Gasteiger partial charge in [0.2, 0.25) is 11.8 Å². The molecule has 1 atom stereocenters. The molecule has 2 heterocycles. The number of ether oxygens (including phenoxy) is 1. The van der Waals surface area contributed by atoms with Crippen LogP contribution in [0.25, 0.3) is 0 Å². The molecule has 1 aliphatic rings. The first kappa shape index (κ1) is 19.4. The molecule has 1 saturated heterocycles. The summed E-state index contributed by atoms with van der Waals surface area (Å²) >= 11 is 2.80. The number of benzene rings is 1. The zero-order chi connectivity index (χ0) is 19.6. The molecular weight excluding hydrogens is 386 g/mol. The maximum absolute atomic E-state index is 12.6. The first-order valence-electron chi connectivity index (χ1n) is 8.24. The van der Waals surface area contributed by atoms with E-state index in [9.17, 15) is 14.4 Å². The Morgan fingerprint density at radius 2 is 2.19 bits per heavy atom. The van der Waals surface area contributed by atoms with Crippen LogP contribution in [0.5, 0.6) is 0 Å². The number of thioether (sulfide) groups is 1. The zero-order valence-electron chi connectivity index (χ0n) is 15.1. The van der Waals surface area contributed by atoms with Crippen LogP contribution in [0.2, 0.25) is 0 Å². The minimum Gasteiger partial charge on any atom is -0.464 e. The molecule has 1 aromatic heterocycles. The molecule has 1 N–H and O–H groups in total. The fourth-order valence-electron chi connectivity index (χ4n) is 2.85. The first-order chi connectivity index (χ1) is 12.9. The number of hydrogen-bond donors (Lipinski definition) is 1. The third kappa shape index (κ3) is 4.14. The van der Waals surface area contributed by atoms with Gasteiger partial charge in [-0.3, -0.25) is 9.59 Å². The van der Waals surface area contributed by atoms with Crippen LogP contribution in [-0.4, -0.2) is 42.7 Å². The number of thiazole rings is 1. The molecule has 0 aliphatic carbocycles. The normalized spacial score (nSPS) is 16.5. The number of aromatic nitrogens is 1. The molecule has 0 bridgehead atoms. The highest BCUT2D eigenvalue weighted by atomic mass is 32.2. The molecule has 2 aromatic rings. The van der Waals surface area contributed by atoms with Crippen LogP contribution in [0, 0.1) is 12.8 Å². The smallest absolute Gasteiger partial charge is 0.357 e. The van der Waals surface area contributed by atoms with Crippen LogP contribution in [0.15, 0.2) is 29.2 Å². The molecule has 1 aromatic carbocycles. The van der Waals surface area contributed by atoms with Gasteiger partial charge in [0.25, 0.3) is 0 Å². The van der Waals surface area contributed by atoms with Crippen molar-refractivity contribution in [2.45, 2.75) is 18.2 Å². The Bertz CT molecular complexity index is 896. The molecule has 0 saturated carbocycles. The summed E-state index contributed by atoms with van der Waals surface area (Å²) in [6, 6.07) is 7.68. The van der Waals surface area contributed by atoms with Gasteiger partial charge in [-0.2, -0.15) is 0 Å². The number of amides is 2. The number of anilines is 2. The van der Waals surface area contributed by atoms with Crippen molar-refractivity contribution in [3.05, 3.63) is 34.8 Å². The lowest BCUT2D eigenvalue weighted by Gasteiger charge is -2.17. The first-order valence-corrected chi connectivity index (χ1v) is 10.3. The second-order valence-electron chi connectivity index (χ2n) is 6.01. The highest BCUT2D eigenvalue weighted by molar-refractivity contribution is 7.98. The van der Waals surface area contributed by atoms with Crippen molar-refractivity contribution in [3.8, 4) is 0 Å². The number of carbonyl (C=O) groups excluding carboxylic acids is 3. The molecule has 2 amide bonds. The van der Waals surface area contributed by atoms with Crippen LogP contribution in [0.3, 0.4) is 0 Å². The summed E-state index contributed by atoms with van der Waals surface area (Å²) in [5, 5.41) is 3.04. The van der Waals surface area contributed by atoms with E-state index in [1.54, 1.807) is 23.6 Å². The molecule has 142 valence electrons. The van der Waals surface area contributed by atoms with Crippen LogP contribution in [-0.2, 0) is 14.3 Å². The summed E-state index contributed by atoms with van der Waals surface area (Å²) in [6.45, 7) is 2.05. The molecule has 7 nitrogen and oxygen atoms in total. The molecule has 1 aliphatic heterocycles. The summed E-state index contributed by atoms with van der Waals surface area (Å²) in [4.78, 5) is 44.1. The Kier molecular flexibility index (Phi) is 5.81. The van der Waals surface area contributed by atoms with E-state index in [0.717, 1.165) is 10.6 Å². The van der Waals surface area contributed by atoms with E-state index >= 15 is 0 Å². The molecule has 0 radical (unpaired) electrons. The molecule has 3 rings (SSSR count). The van der Waals surface area contributed by atoms with Crippen LogP contribution < -0.4 is 10.2 Å². The van der Waals surface area contributed by atoms with E-state index in [1.807, 2.05) is 30.5 Å². The lowest BCUT2D eigenvalue weighted by atomic mass is 10.1. The number of nitrogens with one attached hydrogen (secondary N) is 1. The topological polar surface area (TPSA) is 88.6 Å². The fraction of sp³-hybridized carbons (Fsp3) is 0.333. The van der Waals surface area contributed by atoms with Gasteiger partial charge in [-0.1, -0.05) is 6.07 Å². The van der Waals surface area contributed by atoms with Gasteiger partial charge in [0, 0.05) is 28.4 Å². The maximum Gasteiger partial charge on any atom is 0.357 e. The van der Waals surface area contributed by atoms with Gasteiger partial charge in [-0.05, 0) is 31.4 Å². The number of esters is 1. The van der Waals surface area contributed by atoms with Gasteiger partial charge < -0.3 is 15.0 Å². The molecule has 9 heteroatoms. The highest BCUT2D eigenvalue weighted by Crippen LogP contribution is 2.29. The number of nitrogens with zero attached hydrogens (tertiary/aromatic N) is 2. The number of hydrogen-bond acceptors (Lipinski definition) is 7. The van der Waals surface area contributed by atoms with Gasteiger partial charge in [-0.15, -0.1) is 23.1 Å². The lowest BCUT2D eigenvalue weighted by molar-refractivity contribution is -0.122. The minimum absolute atomic E-state index is 0.0843. The number of carbonyl (C=O) groups is 3. The minimum atomic E-state index is -0.542. The summed E-state index contributed by atoms with van der Waals surface area (Å²) in [6.07, 6.45) is 2.11. The van der Waals surface area contributed by atoms with E-state index in [-0.39, 0.29) is 23.9 Å². The fourth-order valence-corrected chi connectivity index (χ4v) is 4.11. The second kappa shape index (κ2) is 8.10. The molecule has 0 unspecified atom stereocenters. The van der Waals surface area contributed by atoms with Gasteiger partial charge in [-0.25, -0.2) is 9.78 Å². The van der Waals surface area contributed by atoms with E-state index < -0.39 is 11.9 Å². The van der Waals surface area contributed by atoms with Crippen molar-refractivity contribution in [2.24, 2.45) is 5.92 Å². The molecule has 27 heavy (non-hydrogen) atoms. The van der Waals surface area contributed by atoms with E-state index in [0.29, 0.717) is 16.6 Å². The monoisotopic (exact) mass is 405 g/mol. The number of methoxy groups -OCH3 is 1. The van der Waals surface area contributed by atoms with Crippen molar-refractivity contribution in [1.82, 2.24) is 4.98 Å². The zero-order valence-corrected chi connectivity index (χ0v) is 16.8. The van der Waals surface area contributed by atoms with Gasteiger partial charge in [0.05, 0.1) is 13.0 Å². The Hall–Kier alpha value is -2.39. The summed E-state index contributed by atoms with van der Waals surface area (Å²) in [5.74, 6) is -1.38. The van der Waals surface area contributed by atoms with Gasteiger partial charge in [0.15, 0.2) is 10.8 Å². The standard InChI is InChI=1S/C18H19N3O4S2/c1-10-15(17(24)25-2)19-18(27-10)20-16(23)11-7-14(22)21(9-11)12-5-4-6-13(8-12)26-3/h4-6,8,11H,7,9H2,1-3H3,(H,19,20,23)/t11-/m1/s1. The number of aryl methyl sites for hydroxylation is 1. The third-order valence-corrected chi connectivity index (χ3v) is 5.88.